The Labute approximate surface area is 93.4 Å². The molecular weight excluding hydrogens is 190 g/mol. The predicted octanol–water partition coefficient (Wildman–Crippen LogP) is 0.300. The molecule has 0 rings (SSSR count). The summed E-state index contributed by atoms with van der Waals surface area (Å²) in [6.45, 7) is 7.31. The minimum absolute atomic E-state index is 0.0839. The maximum atomic E-state index is 11.3. The van der Waals surface area contributed by atoms with Gasteiger partial charge in [0.15, 0.2) is 0 Å². The molecule has 0 unspecified atom stereocenters. The van der Waals surface area contributed by atoms with Crippen LogP contribution >= 0.6 is 0 Å². The molecule has 0 bridgehead atoms. The second-order valence-corrected chi connectivity index (χ2v) is 4.51. The van der Waals surface area contributed by atoms with E-state index in [1.165, 1.54) is 0 Å². The first kappa shape index (κ1) is 14.4. The number of nitrogens with zero attached hydrogens (tertiary/aromatic N) is 1. The summed E-state index contributed by atoms with van der Waals surface area (Å²) >= 11 is 0. The monoisotopic (exact) mass is 215 g/mol. The van der Waals surface area contributed by atoms with E-state index in [2.05, 4.69) is 24.5 Å². The van der Waals surface area contributed by atoms with Crippen LogP contribution in [0.15, 0.2) is 0 Å². The lowest BCUT2D eigenvalue weighted by Gasteiger charge is -2.11. The number of carbonyl (C=O) groups is 1. The molecule has 0 fully saturated rings. The molecular formula is C11H25N3O. The fraction of sp³-hybridized carbons (Fsp3) is 0.909. The van der Waals surface area contributed by atoms with Crippen LogP contribution in [0.3, 0.4) is 0 Å². The van der Waals surface area contributed by atoms with Gasteiger partial charge in [-0.3, -0.25) is 4.79 Å². The van der Waals surface area contributed by atoms with Gasteiger partial charge in [0.25, 0.3) is 0 Å². The third-order valence-electron chi connectivity index (χ3n) is 2.07. The maximum absolute atomic E-state index is 11.3. The SMILES string of the molecule is CC(C)CCNCC(=O)NCCN(C)C. The van der Waals surface area contributed by atoms with Gasteiger partial charge in [0, 0.05) is 13.1 Å². The van der Waals surface area contributed by atoms with Crippen LogP contribution in [0.1, 0.15) is 20.3 Å². The number of hydrogen-bond acceptors (Lipinski definition) is 3. The van der Waals surface area contributed by atoms with Gasteiger partial charge in [0.05, 0.1) is 6.54 Å². The highest BCUT2D eigenvalue weighted by Crippen LogP contribution is 1.95. The molecule has 0 aromatic heterocycles. The average Bonchev–Trinajstić information content (AvgIpc) is 2.11. The molecule has 0 aromatic carbocycles. The van der Waals surface area contributed by atoms with Gasteiger partial charge in [0.1, 0.15) is 0 Å². The van der Waals surface area contributed by atoms with Crippen LogP contribution in [0, 0.1) is 5.92 Å². The van der Waals surface area contributed by atoms with E-state index < -0.39 is 0 Å². The largest absolute Gasteiger partial charge is 0.354 e. The van der Waals surface area contributed by atoms with E-state index in [-0.39, 0.29) is 5.91 Å². The van der Waals surface area contributed by atoms with Crippen molar-refractivity contribution in [3.05, 3.63) is 0 Å². The van der Waals surface area contributed by atoms with Crippen molar-refractivity contribution in [3.63, 3.8) is 0 Å². The van der Waals surface area contributed by atoms with Crippen molar-refractivity contribution in [2.24, 2.45) is 5.92 Å². The van der Waals surface area contributed by atoms with Crippen molar-refractivity contribution in [2.45, 2.75) is 20.3 Å². The van der Waals surface area contributed by atoms with Crippen molar-refractivity contribution in [3.8, 4) is 0 Å². The number of rotatable bonds is 8. The Morgan fingerprint density at radius 1 is 1.27 bits per heavy atom. The van der Waals surface area contributed by atoms with Crippen LogP contribution in [-0.2, 0) is 4.79 Å². The van der Waals surface area contributed by atoms with Crippen molar-refractivity contribution >= 4 is 5.91 Å². The minimum Gasteiger partial charge on any atom is -0.354 e. The molecule has 0 radical (unpaired) electrons. The Hall–Kier alpha value is -0.610. The molecule has 0 atom stereocenters. The smallest absolute Gasteiger partial charge is 0.234 e. The molecule has 1 amide bonds. The number of likely N-dealkylation sites (N-methyl/N-ethyl adjacent to an activating group) is 1. The molecule has 4 nitrogen and oxygen atoms in total. The van der Waals surface area contributed by atoms with Gasteiger partial charge in [-0.2, -0.15) is 0 Å². The molecule has 2 N–H and O–H groups in total. The summed E-state index contributed by atoms with van der Waals surface area (Å²) in [5.74, 6) is 0.773. The highest BCUT2D eigenvalue weighted by atomic mass is 16.1. The highest BCUT2D eigenvalue weighted by Gasteiger charge is 2.00. The molecule has 0 spiro atoms. The molecule has 90 valence electrons. The third-order valence-corrected chi connectivity index (χ3v) is 2.07. The fourth-order valence-electron chi connectivity index (χ4n) is 1.07. The maximum Gasteiger partial charge on any atom is 0.234 e. The van der Waals surface area contributed by atoms with Crippen LogP contribution in [0.25, 0.3) is 0 Å². The van der Waals surface area contributed by atoms with Gasteiger partial charge >= 0.3 is 0 Å². The first-order valence-corrected chi connectivity index (χ1v) is 5.64. The molecule has 0 aromatic rings. The van der Waals surface area contributed by atoms with Crippen LogP contribution in [0.2, 0.25) is 0 Å². The van der Waals surface area contributed by atoms with E-state index in [4.69, 9.17) is 0 Å². The number of carbonyl (C=O) groups excluding carboxylic acids is 1. The molecule has 0 saturated heterocycles. The van der Waals surface area contributed by atoms with E-state index in [9.17, 15) is 4.79 Å². The number of amides is 1. The first-order valence-electron chi connectivity index (χ1n) is 5.64. The van der Waals surface area contributed by atoms with Crippen molar-refractivity contribution in [1.82, 2.24) is 15.5 Å². The Morgan fingerprint density at radius 2 is 1.93 bits per heavy atom. The van der Waals surface area contributed by atoms with E-state index in [1.54, 1.807) is 0 Å². The molecule has 4 heteroatoms. The van der Waals surface area contributed by atoms with Crippen LogP contribution in [0.5, 0.6) is 0 Å². The summed E-state index contributed by atoms with van der Waals surface area (Å²) in [4.78, 5) is 13.3. The molecule has 0 aliphatic carbocycles. The quantitative estimate of drug-likeness (QED) is 0.572. The van der Waals surface area contributed by atoms with E-state index >= 15 is 0 Å². The second-order valence-electron chi connectivity index (χ2n) is 4.51. The number of hydrogen-bond donors (Lipinski definition) is 2. The summed E-state index contributed by atoms with van der Waals surface area (Å²) < 4.78 is 0. The zero-order valence-electron chi connectivity index (χ0n) is 10.5. The lowest BCUT2D eigenvalue weighted by molar-refractivity contribution is -0.120. The zero-order valence-corrected chi connectivity index (χ0v) is 10.5. The average molecular weight is 215 g/mol. The highest BCUT2D eigenvalue weighted by molar-refractivity contribution is 5.77. The third kappa shape index (κ3) is 11.3. The van der Waals surface area contributed by atoms with Crippen molar-refractivity contribution in [1.29, 1.82) is 0 Å². The first-order chi connectivity index (χ1) is 7.02. The van der Waals surface area contributed by atoms with Crippen LogP contribution in [-0.4, -0.2) is 51.1 Å². The van der Waals surface area contributed by atoms with Gasteiger partial charge in [-0.25, -0.2) is 0 Å². The predicted molar refractivity (Wildman–Crippen MR) is 63.9 cm³/mol. The Balaban J connectivity index is 3.26. The van der Waals surface area contributed by atoms with Crippen LogP contribution in [0.4, 0.5) is 0 Å². The summed E-state index contributed by atoms with van der Waals surface area (Å²) in [5.41, 5.74) is 0. The molecule has 0 aliphatic rings. The van der Waals surface area contributed by atoms with E-state index in [0.717, 1.165) is 26.1 Å². The Morgan fingerprint density at radius 3 is 2.47 bits per heavy atom. The Kier molecular flexibility index (Phi) is 8.33. The zero-order chi connectivity index (χ0) is 11.7. The lowest BCUT2D eigenvalue weighted by atomic mass is 10.1. The fourth-order valence-corrected chi connectivity index (χ4v) is 1.07. The molecule has 0 aliphatic heterocycles. The van der Waals surface area contributed by atoms with Gasteiger partial charge in [0.2, 0.25) is 5.91 Å². The number of nitrogens with one attached hydrogen (secondary N) is 2. The standard InChI is InChI=1S/C11H25N3O/c1-10(2)5-6-12-9-11(15)13-7-8-14(3)4/h10,12H,5-9H2,1-4H3,(H,13,15). The van der Waals surface area contributed by atoms with E-state index in [1.807, 2.05) is 19.0 Å². The van der Waals surface area contributed by atoms with Crippen molar-refractivity contribution in [2.75, 3.05) is 40.3 Å². The lowest BCUT2D eigenvalue weighted by Crippen LogP contribution is -2.37. The van der Waals surface area contributed by atoms with Crippen molar-refractivity contribution < 1.29 is 4.79 Å². The van der Waals surface area contributed by atoms with E-state index in [0.29, 0.717) is 12.5 Å². The topological polar surface area (TPSA) is 44.4 Å². The summed E-state index contributed by atoms with van der Waals surface area (Å²) in [7, 11) is 3.99. The normalized spacial score (nSPS) is 11.1. The molecule has 15 heavy (non-hydrogen) atoms. The second kappa shape index (κ2) is 8.68. The molecule has 0 heterocycles. The van der Waals surface area contributed by atoms with Gasteiger partial charge in [-0.1, -0.05) is 13.8 Å². The Bertz CT molecular complexity index is 169. The summed E-state index contributed by atoms with van der Waals surface area (Å²) in [5, 5.41) is 5.99. The summed E-state index contributed by atoms with van der Waals surface area (Å²) in [6.07, 6.45) is 1.12. The minimum atomic E-state index is 0.0839. The van der Waals surface area contributed by atoms with Gasteiger partial charge < -0.3 is 15.5 Å². The summed E-state index contributed by atoms with van der Waals surface area (Å²) in [6, 6.07) is 0. The van der Waals surface area contributed by atoms with Gasteiger partial charge in [-0.05, 0) is 33.0 Å². The van der Waals surface area contributed by atoms with Crippen LogP contribution < -0.4 is 10.6 Å². The van der Waals surface area contributed by atoms with Gasteiger partial charge in [-0.15, -0.1) is 0 Å². The molecule has 0 saturated carbocycles.